The number of hydrogen-bond acceptors (Lipinski definition) is 3. The van der Waals surface area contributed by atoms with E-state index in [1.165, 1.54) is 6.07 Å². The number of hydrogen-bond donors (Lipinski definition) is 3. The normalized spacial score (nSPS) is 23.3. The first-order valence-electron chi connectivity index (χ1n) is 12.2. The highest BCUT2D eigenvalue weighted by molar-refractivity contribution is 6.07. The summed E-state index contributed by atoms with van der Waals surface area (Å²) in [6, 6.07) is 9.85. The predicted molar refractivity (Wildman–Crippen MR) is 132 cm³/mol. The van der Waals surface area contributed by atoms with Crippen LogP contribution in [0.2, 0.25) is 0 Å². The van der Waals surface area contributed by atoms with Crippen LogP contribution < -0.4 is 10.6 Å². The molecule has 1 aromatic heterocycles. The molecular weight excluding hydrogens is 480 g/mol. The maximum Gasteiger partial charge on any atom is 0.268 e. The molecule has 2 fully saturated rings. The Labute approximate surface area is 211 Å². The van der Waals surface area contributed by atoms with Crippen LogP contribution in [0.15, 0.2) is 42.5 Å². The van der Waals surface area contributed by atoms with Crippen LogP contribution in [-0.4, -0.2) is 64.7 Å². The van der Waals surface area contributed by atoms with Gasteiger partial charge in [0.15, 0.2) is 0 Å². The maximum atomic E-state index is 14.2. The number of likely N-dealkylation sites (tertiary alicyclic amines) is 1. The summed E-state index contributed by atoms with van der Waals surface area (Å²) in [5, 5.41) is 5.70. The Balaban J connectivity index is 1.30. The first-order valence-corrected chi connectivity index (χ1v) is 12.2. The average Bonchev–Trinajstić information content (AvgIpc) is 3.36. The molecule has 0 radical (unpaired) electrons. The van der Waals surface area contributed by atoms with E-state index in [2.05, 4.69) is 22.3 Å². The van der Waals surface area contributed by atoms with Crippen molar-refractivity contribution in [3.8, 4) is 0 Å². The van der Waals surface area contributed by atoms with E-state index in [4.69, 9.17) is 0 Å². The summed E-state index contributed by atoms with van der Waals surface area (Å²) in [4.78, 5) is 44.5. The molecule has 2 aliphatic heterocycles. The topological polar surface area (TPSA) is 97.3 Å². The third kappa shape index (κ3) is 3.61. The van der Waals surface area contributed by atoms with Crippen molar-refractivity contribution < 1.29 is 27.7 Å². The molecule has 3 heterocycles. The summed E-state index contributed by atoms with van der Waals surface area (Å²) >= 11 is 0. The lowest BCUT2D eigenvalue weighted by molar-refractivity contribution is -0.549. The summed E-state index contributed by atoms with van der Waals surface area (Å²) in [5.41, 5.74) is 0.525. The van der Waals surface area contributed by atoms with Crippen LogP contribution in [0.3, 0.4) is 0 Å². The molecule has 3 atom stereocenters. The second-order valence-corrected chi connectivity index (χ2v) is 10.3. The summed E-state index contributed by atoms with van der Waals surface area (Å²) in [7, 11) is 1.75. The third-order valence-corrected chi connectivity index (χ3v) is 7.83. The molecule has 1 saturated heterocycles. The highest BCUT2D eigenvalue weighted by atomic mass is 19.1. The van der Waals surface area contributed by atoms with Crippen molar-refractivity contribution in [2.45, 2.75) is 36.9 Å². The molecule has 37 heavy (non-hydrogen) atoms. The van der Waals surface area contributed by atoms with E-state index < -0.39 is 35.2 Å². The molecule has 3 aromatic rings. The number of nitrogens with zero attached hydrogens (tertiary/aromatic N) is 2. The van der Waals surface area contributed by atoms with Crippen molar-refractivity contribution in [2.24, 2.45) is 5.92 Å². The van der Waals surface area contributed by atoms with E-state index in [0.717, 1.165) is 36.2 Å². The van der Waals surface area contributed by atoms with E-state index in [9.17, 15) is 23.2 Å². The van der Waals surface area contributed by atoms with Gasteiger partial charge in [0.05, 0.1) is 11.9 Å². The summed E-state index contributed by atoms with van der Waals surface area (Å²) in [5.74, 6) is -2.49. The van der Waals surface area contributed by atoms with E-state index in [1.54, 1.807) is 16.5 Å². The number of amides is 3. The first kappa shape index (κ1) is 23.3. The van der Waals surface area contributed by atoms with Gasteiger partial charge in [0, 0.05) is 17.6 Å². The van der Waals surface area contributed by atoms with Crippen molar-refractivity contribution in [3.63, 3.8) is 0 Å². The predicted octanol–water partition coefficient (Wildman–Crippen LogP) is 2.75. The second kappa shape index (κ2) is 8.22. The number of anilines is 1. The highest BCUT2D eigenvalue weighted by Crippen LogP contribution is 2.47. The molecule has 10 heteroatoms. The maximum absolute atomic E-state index is 14.2. The number of rotatable bonds is 5. The number of aromatic nitrogens is 1. The highest BCUT2D eigenvalue weighted by Gasteiger charge is 2.59. The van der Waals surface area contributed by atoms with Gasteiger partial charge in [-0.3, -0.25) is 19.3 Å². The lowest BCUT2D eigenvalue weighted by Crippen LogP contribution is -2.53. The number of aromatic amines is 1. The molecule has 3 aliphatic rings. The molecule has 190 valence electrons. The standard InChI is InChI=1S/C27H25F2N5O3/c1-33(2)21-12-27(16-5-3-4-6-19(16)31-26(27)37)13-34(21)25(36)22(14-7-8-14)32-24(35)20-11-15-17(28)9-10-18(29)23(15)30-20/h3-6,9-11,14,21-22H,1,7-8,12-13H2,2H3,(H2-,30,31,32,35,37)/p+1/t21-,22-,27-/m0/s1. The third-order valence-electron chi connectivity index (χ3n) is 7.83. The van der Waals surface area contributed by atoms with Gasteiger partial charge < -0.3 is 15.6 Å². The molecule has 0 bridgehead atoms. The van der Waals surface area contributed by atoms with Crippen molar-refractivity contribution >= 4 is 41.0 Å². The van der Waals surface area contributed by atoms with Crippen molar-refractivity contribution in [2.75, 3.05) is 18.9 Å². The quantitative estimate of drug-likeness (QED) is 0.367. The van der Waals surface area contributed by atoms with Crippen LogP contribution in [0.25, 0.3) is 10.9 Å². The fourth-order valence-electron chi connectivity index (χ4n) is 5.72. The van der Waals surface area contributed by atoms with E-state index in [-0.39, 0.29) is 40.9 Å². The van der Waals surface area contributed by atoms with Gasteiger partial charge in [0.1, 0.15) is 42.6 Å². The first-order chi connectivity index (χ1) is 17.7. The fraction of sp³-hybridized carbons (Fsp3) is 0.333. The second-order valence-electron chi connectivity index (χ2n) is 10.3. The minimum Gasteiger partial charge on any atom is -0.348 e. The van der Waals surface area contributed by atoms with Crippen LogP contribution in [0.5, 0.6) is 0 Å². The van der Waals surface area contributed by atoms with Crippen molar-refractivity contribution in [1.29, 1.82) is 0 Å². The molecule has 1 saturated carbocycles. The molecule has 1 spiro atoms. The molecule has 0 unspecified atom stereocenters. The lowest BCUT2D eigenvalue weighted by Gasteiger charge is -2.27. The molecule has 1 aliphatic carbocycles. The van der Waals surface area contributed by atoms with Crippen LogP contribution in [0.1, 0.15) is 35.3 Å². The van der Waals surface area contributed by atoms with Gasteiger partial charge in [0.2, 0.25) is 18.0 Å². The van der Waals surface area contributed by atoms with E-state index in [1.807, 2.05) is 24.3 Å². The Morgan fingerprint density at radius 3 is 2.62 bits per heavy atom. The Bertz CT molecular complexity index is 1460. The number of carbonyl (C=O) groups excluding carboxylic acids is 3. The van der Waals surface area contributed by atoms with Gasteiger partial charge in [-0.25, -0.2) is 13.4 Å². The lowest BCUT2D eigenvalue weighted by atomic mass is 9.80. The minimum absolute atomic E-state index is 0.0365. The van der Waals surface area contributed by atoms with Crippen LogP contribution >= 0.6 is 0 Å². The summed E-state index contributed by atoms with van der Waals surface area (Å²) in [6.45, 7) is 4.16. The number of carbonyl (C=O) groups is 3. The fourth-order valence-corrected chi connectivity index (χ4v) is 5.72. The number of fused-ring (bicyclic) bond motifs is 3. The number of benzene rings is 2. The molecular formula is C27H26F2N5O3+. The smallest absolute Gasteiger partial charge is 0.268 e. The number of H-pyrrole nitrogens is 1. The van der Waals surface area contributed by atoms with Crippen LogP contribution in [0, 0.1) is 17.6 Å². The average molecular weight is 507 g/mol. The van der Waals surface area contributed by atoms with Gasteiger partial charge in [0.25, 0.3) is 5.91 Å². The summed E-state index contributed by atoms with van der Waals surface area (Å²) in [6.07, 6.45) is 1.44. The monoisotopic (exact) mass is 506 g/mol. The number of para-hydroxylation sites is 1. The zero-order valence-electron chi connectivity index (χ0n) is 20.2. The molecule has 8 nitrogen and oxygen atoms in total. The van der Waals surface area contributed by atoms with Gasteiger partial charge in [-0.2, -0.15) is 0 Å². The SMILES string of the molecule is C=[N+](C)[C@@H]1C[C@@]2(CN1C(=O)[C@@H](NC(=O)c1cc3c(F)ccc(F)c3[nH]1)C1CC1)C(=O)Nc1ccccc12. The van der Waals surface area contributed by atoms with Crippen LogP contribution in [-0.2, 0) is 15.0 Å². The molecule has 2 aromatic carbocycles. The number of halogens is 2. The van der Waals surface area contributed by atoms with Gasteiger partial charge in [-0.15, -0.1) is 0 Å². The Morgan fingerprint density at radius 2 is 1.92 bits per heavy atom. The largest absolute Gasteiger partial charge is 0.348 e. The Kier molecular flexibility index (Phi) is 5.18. The van der Waals surface area contributed by atoms with E-state index >= 15 is 0 Å². The van der Waals surface area contributed by atoms with Gasteiger partial charge in [-0.1, -0.05) is 18.2 Å². The van der Waals surface area contributed by atoms with E-state index in [0.29, 0.717) is 6.42 Å². The molecule has 3 N–H and O–H groups in total. The summed E-state index contributed by atoms with van der Waals surface area (Å²) < 4.78 is 30.0. The Morgan fingerprint density at radius 1 is 1.19 bits per heavy atom. The van der Waals surface area contributed by atoms with Crippen LogP contribution in [0.4, 0.5) is 14.5 Å². The van der Waals surface area contributed by atoms with Crippen molar-refractivity contribution in [1.82, 2.24) is 15.2 Å². The van der Waals surface area contributed by atoms with Crippen molar-refractivity contribution in [3.05, 3.63) is 65.4 Å². The zero-order chi connectivity index (χ0) is 26.1. The molecule has 6 rings (SSSR count). The van der Waals surface area contributed by atoms with Gasteiger partial charge in [-0.05, 0) is 48.6 Å². The minimum atomic E-state index is -0.910. The van der Waals surface area contributed by atoms with Gasteiger partial charge >= 0.3 is 0 Å². The molecule has 3 amide bonds. The Hall–Kier alpha value is -4.08. The number of nitrogens with one attached hydrogen (secondary N) is 3. The zero-order valence-corrected chi connectivity index (χ0v) is 20.2.